The van der Waals surface area contributed by atoms with Crippen LogP contribution in [0, 0.1) is 6.92 Å². The van der Waals surface area contributed by atoms with E-state index < -0.39 is 0 Å². The lowest BCUT2D eigenvalue weighted by Gasteiger charge is -2.13. The molecule has 0 heterocycles. The normalized spacial score (nSPS) is 10.2. The number of hydrogen-bond donors (Lipinski definition) is 2. The lowest BCUT2D eigenvalue weighted by molar-refractivity contribution is -0.115. The van der Waals surface area contributed by atoms with Gasteiger partial charge in [0.05, 0.1) is 27.4 Å². The Labute approximate surface area is 119 Å². The molecule has 6 heteroatoms. The van der Waals surface area contributed by atoms with Gasteiger partial charge in [-0.05, 0) is 18.6 Å². The van der Waals surface area contributed by atoms with Crippen LogP contribution in [0.25, 0.3) is 0 Å². The quantitative estimate of drug-likeness (QED) is 0.701. The summed E-state index contributed by atoms with van der Waals surface area (Å²) in [4.78, 5) is 11.8. The maximum Gasteiger partial charge on any atom is 0.238 e. The van der Waals surface area contributed by atoms with Gasteiger partial charge in [0, 0.05) is 25.4 Å². The Hall–Kier alpha value is -1.79. The fourth-order valence-corrected chi connectivity index (χ4v) is 1.69. The van der Waals surface area contributed by atoms with E-state index in [4.69, 9.17) is 14.2 Å². The van der Waals surface area contributed by atoms with E-state index in [0.29, 0.717) is 30.3 Å². The standard InChI is InChI=1S/C14H22N2O4/c1-10-7-12(19-3)13(20-4)8-11(10)16-14(17)9-15-5-6-18-2/h7-8,15H,5-6,9H2,1-4H3,(H,16,17). The number of amides is 1. The Morgan fingerprint density at radius 2 is 1.80 bits per heavy atom. The summed E-state index contributed by atoms with van der Waals surface area (Å²) in [6.07, 6.45) is 0. The number of rotatable bonds is 8. The second-order valence-electron chi connectivity index (χ2n) is 4.24. The molecule has 0 aliphatic carbocycles. The van der Waals surface area contributed by atoms with Crippen molar-refractivity contribution in [3.63, 3.8) is 0 Å². The molecule has 1 rings (SSSR count). The van der Waals surface area contributed by atoms with Gasteiger partial charge < -0.3 is 24.8 Å². The topological polar surface area (TPSA) is 68.8 Å². The van der Waals surface area contributed by atoms with Crippen LogP contribution in [0.15, 0.2) is 12.1 Å². The van der Waals surface area contributed by atoms with Crippen LogP contribution in [0.4, 0.5) is 5.69 Å². The molecule has 1 amide bonds. The summed E-state index contributed by atoms with van der Waals surface area (Å²) in [6.45, 7) is 3.34. The predicted octanol–water partition coefficient (Wildman–Crippen LogP) is 1.19. The predicted molar refractivity (Wildman–Crippen MR) is 77.7 cm³/mol. The van der Waals surface area contributed by atoms with Crippen LogP contribution >= 0.6 is 0 Å². The Bertz CT molecular complexity index is 449. The minimum atomic E-state index is -0.114. The number of hydrogen-bond acceptors (Lipinski definition) is 5. The van der Waals surface area contributed by atoms with Gasteiger partial charge in [0.15, 0.2) is 11.5 Å². The van der Waals surface area contributed by atoms with Crippen LogP contribution in [-0.2, 0) is 9.53 Å². The lowest BCUT2D eigenvalue weighted by atomic mass is 10.1. The van der Waals surface area contributed by atoms with E-state index in [0.717, 1.165) is 5.56 Å². The Kier molecular flexibility index (Phi) is 6.83. The molecule has 0 saturated carbocycles. The van der Waals surface area contributed by atoms with E-state index in [1.165, 1.54) is 0 Å². The first kappa shape index (κ1) is 16.3. The minimum absolute atomic E-state index is 0.114. The molecule has 2 N–H and O–H groups in total. The van der Waals surface area contributed by atoms with Crippen LogP contribution < -0.4 is 20.1 Å². The Balaban J connectivity index is 2.65. The van der Waals surface area contributed by atoms with Crippen molar-refractivity contribution in [1.29, 1.82) is 0 Å². The van der Waals surface area contributed by atoms with E-state index in [9.17, 15) is 4.79 Å². The highest BCUT2D eigenvalue weighted by Crippen LogP contribution is 2.32. The zero-order chi connectivity index (χ0) is 15.0. The van der Waals surface area contributed by atoms with Crippen molar-refractivity contribution >= 4 is 11.6 Å². The van der Waals surface area contributed by atoms with Gasteiger partial charge in [-0.2, -0.15) is 0 Å². The maximum absolute atomic E-state index is 11.8. The smallest absolute Gasteiger partial charge is 0.238 e. The third-order valence-electron chi connectivity index (χ3n) is 2.77. The fourth-order valence-electron chi connectivity index (χ4n) is 1.69. The molecule has 20 heavy (non-hydrogen) atoms. The second-order valence-corrected chi connectivity index (χ2v) is 4.24. The van der Waals surface area contributed by atoms with Gasteiger partial charge >= 0.3 is 0 Å². The van der Waals surface area contributed by atoms with Gasteiger partial charge in [-0.15, -0.1) is 0 Å². The van der Waals surface area contributed by atoms with Crippen LogP contribution in [-0.4, -0.2) is 46.9 Å². The Morgan fingerprint density at radius 3 is 2.40 bits per heavy atom. The van der Waals surface area contributed by atoms with Crippen molar-refractivity contribution in [2.24, 2.45) is 0 Å². The minimum Gasteiger partial charge on any atom is -0.493 e. The van der Waals surface area contributed by atoms with Crippen molar-refractivity contribution in [3.05, 3.63) is 17.7 Å². The summed E-state index contributed by atoms with van der Waals surface area (Å²) in [5.74, 6) is 1.11. The van der Waals surface area contributed by atoms with Crippen molar-refractivity contribution in [1.82, 2.24) is 5.32 Å². The molecule has 0 saturated heterocycles. The van der Waals surface area contributed by atoms with E-state index >= 15 is 0 Å². The summed E-state index contributed by atoms with van der Waals surface area (Å²) in [5, 5.41) is 5.82. The molecular formula is C14H22N2O4. The number of ether oxygens (including phenoxy) is 3. The monoisotopic (exact) mass is 282 g/mol. The van der Waals surface area contributed by atoms with Crippen molar-refractivity contribution in [3.8, 4) is 11.5 Å². The van der Waals surface area contributed by atoms with Gasteiger partial charge in [0.2, 0.25) is 5.91 Å². The number of aryl methyl sites for hydroxylation is 1. The molecule has 0 atom stereocenters. The van der Waals surface area contributed by atoms with Gasteiger partial charge in [-0.1, -0.05) is 0 Å². The zero-order valence-corrected chi connectivity index (χ0v) is 12.4. The van der Waals surface area contributed by atoms with Crippen molar-refractivity contribution in [2.75, 3.05) is 46.3 Å². The molecule has 0 spiro atoms. The molecule has 1 aromatic rings. The number of carbonyl (C=O) groups excluding carboxylic acids is 1. The van der Waals surface area contributed by atoms with Crippen LogP contribution in [0.2, 0.25) is 0 Å². The molecule has 0 radical (unpaired) electrons. The molecule has 0 unspecified atom stereocenters. The highest BCUT2D eigenvalue weighted by molar-refractivity contribution is 5.93. The zero-order valence-electron chi connectivity index (χ0n) is 12.4. The van der Waals surface area contributed by atoms with Crippen LogP contribution in [0.1, 0.15) is 5.56 Å². The number of methoxy groups -OCH3 is 3. The summed E-state index contributed by atoms with van der Waals surface area (Å²) in [5.41, 5.74) is 1.62. The molecule has 0 aromatic heterocycles. The van der Waals surface area contributed by atoms with E-state index in [-0.39, 0.29) is 12.5 Å². The summed E-state index contributed by atoms with van der Waals surface area (Å²) in [6, 6.07) is 3.58. The van der Waals surface area contributed by atoms with Crippen molar-refractivity contribution < 1.29 is 19.0 Å². The summed E-state index contributed by atoms with van der Waals surface area (Å²) in [7, 11) is 4.76. The van der Waals surface area contributed by atoms with Crippen LogP contribution in [0.3, 0.4) is 0 Å². The van der Waals surface area contributed by atoms with Gasteiger partial charge in [0.25, 0.3) is 0 Å². The lowest BCUT2D eigenvalue weighted by Crippen LogP contribution is -2.30. The number of nitrogens with one attached hydrogen (secondary N) is 2. The second kappa shape index (κ2) is 8.39. The molecule has 0 aliphatic heterocycles. The largest absolute Gasteiger partial charge is 0.493 e. The molecule has 1 aromatic carbocycles. The van der Waals surface area contributed by atoms with Gasteiger partial charge in [-0.3, -0.25) is 4.79 Å². The Morgan fingerprint density at radius 1 is 1.15 bits per heavy atom. The number of benzene rings is 1. The molecule has 0 bridgehead atoms. The van der Waals surface area contributed by atoms with E-state index in [2.05, 4.69) is 10.6 Å². The molecule has 0 aliphatic rings. The van der Waals surface area contributed by atoms with Gasteiger partial charge in [0.1, 0.15) is 0 Å². The first-order valence-electron chi connectivity index (χ1n) is 6.34. The van der Waals surface area contributed by atoms with E-state index in [1.807, 2.05) is 13.0 Å². The van der Waals surface area contributed by atoms with E-state index in [1.54, 1.807) is 27.4 Å². The molecular weight excluding hydrogens is 260 g/mol. The highest BCUT2D eigenvalue weighted by Gasteiger charge is 2.10. The fraction of sp³-hybridized carbons (Fsp3) is 0.500. The average molecular weight is 282 g/mol. The maximum atomic E-state index is 11.8. The summed E-state index contributed by atoms with van der Waals surface area (Å²) >= 11 is 0. The first-order valence-corrected chi connectivity index (χ1v) is 6.34. The average Bonchev–Trinajstić information content (AvgIpc) is 2.45. The molecule has 0 fully saturated rings. The third-order valence-corrected chi connectivity index (χ3v) is 2.77. The first-order chi connectivity index (χ1) is 9.62. The number of carbonyl (C=O) groups is 1. The van der Waals surface area contributed by atoms with Crippen LogP contribution in [0.5, 0.6) is 11.5 Å². The SMILES string of the molecule is COCCNCC(=O)Nc1cc(OC)c(OC)cc1C. The molecule has 6 nitrogen and oxygen atoms in total. The molecule has 112 valence electrons. The van der Waals surface area contributed by atoms with Crippen molar-refractivity contribution in [2.45, 2.75) is 6.92 Å². The third kappa shape index (κ3) is 4.71. The van der Waals surface area contributed by atoms with Gasteiger partial charge in [-0.25, -0.2) is 0 Å². The summed E-state index contributed by atoms with van der Waals surface area (Å²) < 4.78 is 15.3. The highest BCUT2D eigenvalue weighted by atomic mass is 16.5. The number of anilines is 1.